The zero-order valence-corrected chi connectivity index (χ0v) is 8.44. The Morgan fingerprint density at radius 2 is 2.14 bits per heavy atom. The van der Waals surface area contributed by atoms with Crippen molar-refractivity contribution in [2.75, 3.05) is 0 Å². The summed E-state index contributed by atoms with van der Waals surface area (Å²) in [6.45, 7) is 4.44. The minimum atomic E-state index is -1.47. The average Bonchev–Trinajstić information content (AvgIpc) is 2.47. The zero-order chi connectivity index (χ0) is 10.9. The lowest BCUT2D eigenvalue weighted by Gasteiger charge is -2.22. The Morgan fingerprint density at radius 3 is 2.50 bits per heavy atom. The van der Waals surface area contributed by atoms with Gasteiger partial charge in [0.1, 0.15) is 6.10 Å². The van der Waals surface area contributed by atoms with Crippen LogP contribution in [0.4, 0.5) is 0 Å². The van der Waals surface area contributed by atoms with Crippen LogP contribution < -0.4 is 0 Å². The highest BCUT2D eigenvalue weighted by Gasteiger charge is 2.33. The van der Waals surface area contributed by atoms with Gasteiger partial charge in [0.25, 0.3) is 0 Å². The third kappa shape index (κ3) is 2.02. The van der Waals surface area contributed by atoms with Crippen LogP contribution in [0.3, 0.4) is 0 Å². The van der Waals surface area contributed by atoms with Gasteiger partial charge in [-0.15, -0.1) is 0 Å². The quantitative estimate of drug-likeness (QED) is 0.708. The number of furan rings is 1. The molecule has 78 valence electrons. The van der Waals surface area contributed by atoms with E-state index in [4.69, 9.17) is 4.42 Å². The van der Waals surface area contributed by atoms with Crippen molar-refractivity contribution < 1.29 is 19.4 Å². The van der Waals surface area contributed by atoms with Crippen LogP contribution in [-0.2, 0) is 0 Å². The van der Waals surface area contributed by atoms with E-state index in [2.05, 4.69) is 0 Å². The summed E-state index contributed by atoms with van der Waals surface area (Å²) in [6, 6.07) is 1.63. The zero-order valence-electron chi connectivity index (χ0n) is 8.44. The van der Waals surface area contributed by atoms with Crippen molar-refractivity contribution in [3.05, 3.63) is 23.7 Å². The topological polar surface area (TPSA) is 70.7 Å². The van der Waals surface area contributed by atoms with Crippen molar-refractivity contribution in [3.8, 4) is 0 Å². The molecule has 1 atom stereocenters. The SMILES string of the molecule is Cc1ccoc1C(=O)[C@@H](O)C(C)(C)O. The molecule has 1 aromatic heterocycles. The molecule has 0 amide bonds. The molecular weight excluding hydrogens is 184 g/mol. The second-order valence-corrected chi connectivity index (χ2v) is 3.85. The summed E-state index contributed by atoms with van der Waals surface area (Å²) in [5.74, 6) is -0.500. The van der Waals surface area contributed by atoms with Crippen LogP contribution in [0.25, 0.3) is 0 Å². The number of aryl methyl sites for hydroxylation is 1. The van der Waals surface area contributed by atoms with E-state index >= 15 is 0 Å². The highest BCUT2D eigenvalue weighted by molar-refractivity contribution is 5.98. The van der Waals surface area contributed by atoms with E-state index in [9.17, 15) is 15.0 Å². The summed E-state index contributed by atoms with van der Waals surface area (Å²) in [5.41, 5.74) is -0.811. The number of Topliss-reactive ketones (excluding diaryl/α,β-unsaturated/α-hetero) is 1. The Balaban J connectivity index is 2.92. The standard InChI is InChI=1S/C10H14O4/c1-6-4-5-14-8(6)7(11)9(12)10(2,3)13/h4-5,9,12-13H,1-3H3/t9-/m1/s1. The molecule has 0 unspecified atom stereocenters. The number of aliphatic hydroxyl groups excluding tert-OH is 1. The molecule has 4 heteroatoms. The second-order valence-electron chi connectivity index (χ2n) is 3.85. The van der Waals surface area contributed by atoms with Gasteiger partial charge in [0.05, 0.1) is 11.9 Å². The summed E-state index contributed by atoms with van der Waals surface area (Å²) < 4.78 is 4.92. The third-order valence-corrected chi connectivity index (χ3v) is 2.00. The first-order valence-electron chi connectivity index (χ1n) is 4.33. The molecule has 0 bridgehead atoms. The summed E-state index contributed by atoms with van der Waals surface area (Å²) in [5, 5.41) is 18.9. The molecule has 2 N–H and O–H groups in total. The van der Waals surface area contributed by atoms with Gasteiger partial charge < -0.3 is 14.6 Å². The number of rotatable bonds is 3. The van der Waals surface area contributed by atoms with Crippen molar-refractivity contribution >= 4 is 5.78 Å². The third-order valence-electron chi connectivity index (χ3n) is 2.00. The highest BCUT2D eigenvalue weighted by atomic mass is 16.4. The molecule has 1 rings (SSSR count). The monoisotopic (exact) mass is 198 g/mol. The van der Waals surface area contributed by atoms with Crippen LogP contribution in [0.5, 0.6) is 0 Å². The molecule has 0 saturated heterocycles. The lowest BCUT2D eigenvalue weighted by molar-refractivity contribution is -0.0336. The Bertz CT molecular complexity index is 332. The van der Waals surface area contributed by atoms with E-state index in [0.717, 1.165) is 0 Å². The van der Waals surface area contributed by atoms with E-state index in [1.807, 2.05) is 0 Å². The molecule has 1 aromatic rings. The minimum absolute atomic E-state index is 0.0969. The number of aliphatic hydroxyl groups is 2. The maximum atomic E-state index is 11.6. The van der Waals surface area contributed by atoms with E-state index in [-0.39, 0.29) is 5.76 Å². The molecule has 0 aliphatic heterocycles. The first-order valence-corrected chi connectivity index (χ1v) is 4.33. The van der Waals surface area contributed by atoms with E-state index < -0.39 is 17.5 Å². The van der Waals surface area contributed by atoms with Gasteiger partial charge in [0.2, 0.25) is 5.78 Å². The van der Waals surface area contributed by atoms with Crippen LogP contribution in [0.15, 0.2) is 16.7 Å². The maximum Gasteiger partial charge on any atom is 0.229 e. The fourth-order valence-corrected chi connectivity index (χ4v) is 1.07. The fraction of sp³-hybridized carbons (Fsp3) is 0.500. The predicted octanol–water partition coefficient (Wildman–Crippen LogP) is 0.903. The number of ketones is 1. The van der Waals surface area contributed by atoms with Gasteiger partial charge in [0, 0.05) is 0 Å². The molecule has 14 heavy (non-hydrogen) atoms. The van der Waals surface area contributed by atoms with Crippen molar-refractivity contribution in [1.29, 1.82) is 0 Å². The van der Waals surface area contributed by atoms with Gasteiger partial charge in [0.15, 0.2) is 5.76 Å². The van der Waals surface area contributed by atoms with Crippen molar-refractivity contribution in [2.45, 2.75) is 32.5 Å². The van der Waals surface area contributed by atoms with E-state index in [1.54, 1.807) is 13.0 Å². The van der Waals surface area contributed by atoms with Crippen LogP contribution in [0.1, 0.15) is 30.0 Å². The highest BCUT2D eigenvalue weighted by Crippen LogP contribution is 2.17. The molecule has 0 spiro atoms. The van der Waals surface area contributed by atoms with Crippen LogP contribution >= 0.6 is 0 Å². The average molecular weight is 198 g/mol. The molecule has 0 aliphatic carbocycles. The maximum absolute atomic E-state index is 11.6. The lowest BCUT2D eigenvalue weighted by atomic mass is 9.96. The second kappa shape index (κ2) is 3.55. The number of hydrogen-bond donors (Lipinski definition) is 2. The number of carbonyl (C=O) groups excluding carboxylic acids is 1. The fourth-order valence-electron chi connectivity index (χ4n) is 1.07. The number of carbonyl (C=O) groups is 1. The van der Waals surface area contributed by atoms with Crippen LogP contribution in [-0.4, -0.2) is 27.7 Å². The first kappa shape index (κ1) is 10.9. The van der Waals surface area contributed by atoms with Gasteiger partial charge in [-0.3, -0.25) is 4.79 Å². The van der Waals surface area contributed by atoms with E-state index in [0.29, 0.717) is 5.56 Å². The predicted molar refractivity (Wildman–Crippen MR) is 50.1 cm³/mol. The summed E-state index contributed by atoms with van der Waals surface area (Å²) in [6.07, 6.45) is -0.0908. The Labute approximate surface area is 82.2 Å². The van der Waals surface area contributed by atoms with Gasteiger partial charge in [-0.25, -0.2) is 0 Å². The lowest BCUT2D eigenvalue weighted by Crippen LogP contribution is -2.42. The minimum Gasteiger partial charge on any atom is -0.461 e. The van der Waals surface area contributed by atoms with Gasteiger partial charge in [-0.1, -0.05) is 0 Å². The summed E-state index contributed by atoms with van der Waals surface area (Å²) in [7, 11) is 0. The van der Waals surface area contributed by atoms with Crippen molar-refractivity contribution in [3.63, 3.8) is 0 Å². The van der Waals surface area contributed by atoms with Crippen molar-refractivity contribution in [1.82, 2.24) is 0 Å². The van der Waals surface area contributed by atoms with Crippen LogP contribution in [0.2, 0.25) is 0 Å². The molecular formula is C10H14O4. The normalized spacial score (nSPS) is 14.1. The Kier molecular flexibility index (Phi) is 2.78. The molecule has 0 fully saturated rings. The smallest absolute Gasteiger partial charge is 0.229 e. The molecule has 0 saturated carbocycles. The summed E-state index contributed by atoms with van der Waals surface area (Å²) >= 11 is 0. The molecule has 4 nitrogen and oxygen atoms in total. The van der Waals surface area contributed by atoms with Gasteiger partial charge in [-0.05, 0) is 32.4 Å². The molecule has 0 aromatic carbocycles. The van der Waals surface area contributed by atoms with E-state index in [1.165, 1.54) is 20.1 Å². The Hall–Kier alpha value is -1.13. The van der Waals surface area contributed by atoms with Crippen molar-refractivity contribution in [2.24, 2.45) is 0 Å². The van der Waals surface area contributed by atoms with Gasteiger partial charge >= 0.3 is 0 Å². The molecule has 1 heterocycles. The molecule has 0 radical (unpaired) electrons. The van der Waals surface area contributed by atoms with Crippen LogP contribution in [0, 0.1) is 6.92 Å². The number of hydrogen-bond acceptors (Lipinski definition) is 4. The van der Waals surface area contributed by atoms with Gasteiger partial charge in [-0.2, -0.15) is 0 Å². The molecule has 0 aliphatic rings. The Morgan fingerprint density at radius 1 is 1.57 bits per heavy atom. The largest absolute Gasteiger partial charge is 0.461 e. The summed E-state index contributed by atoms with van der Waals surface area (Å²) in [4.78, 5) is 11.6. The first-order chi connectivity index (χ1) is 6.34.